The van der Waals surface area contributed by atoms with Crippen LogP contribution in [-0.2, 0) is 16.1 Å². The molecular formula is C20H32N2O3. The van der Waals surface area contributed by atoms with Crippen LogP contribution >= 0.6 is 0 Å². The Labute approximate surface area is 151 Å². The average molecular weight is 348 g/mol. The van der Waals surface area contributed by atoms with Gasteiger partial charge in [-0.25, -0.2) is 4.79 Å². The summed E-state index contributed by atoms with van der Waals surface area (Å²) in [6.45, 7) is 10.7. The van der Waals surface area contributed by atoms with Crippen molar-refractivity contribution in [3.05, 3.63) is 35.9 Å². The molecule has 1 N–H and O–H groups in total. The quantitative estimate of drug-likeness (QED) is 0.894. The van der Waals surface area contributed by atoms with Crippen molar-refractivity contribution in [1.82, 2.24) is 10.2 Å². The van der Waals surface area contributed by atoms with Gasteiger partial charge in [-0.15, -0.1) is 0 Å². The Hall–Kier alpha value is -2.04. The zero-order chi connectivity index (χ0) is 18.9. The predicted octanol–water partition coefficient (Wildman–Crippen LogP) is 4.12. The summed E-state index contributed by atoms with van der Waals surface area (Å²) in [5.41, 5.74) is 0.528. The van der Waals surface area contributed by atoms with Gasteiger partial charge < -0.3 is 15.0 Å². The molecule has 1 unspecified atom stereocenters. The number of benzene rings is 1. The van der Waals surface area contributed by atoms with Crippen molar-refractivity contribution in [3.63, 3.8) is 0 Å². The standard InChI is InChI=1S/C18H26N2O3.C2H6/c1-18(2,3)23-17(22)19-15-11-7-8-12-20(16(15)21)13-14-9-5-4-6-10-14;1-2/h4-6,9-10,15H,7-8,11-13H2,1-3H3,(H,19,22);1-2H3. The molecule has 0 aromatic heterocycles. The van der Waals surface area contributed by atoms with Crippen molar-refractivity contribution in [3.8, 4) is 0 Å². The fraction of sp³-hybridized carbons (Fsp3) is 0.600. The summed E-state index contributed by atoms with van der Waals surface area (Å²) in [7, 11) is 0. The second-order valence-corrected chi connectivity index (χ2v) is 6.94. The predicted molar refractivity (Wildman–Crippen MR) is 100 cm³/mol. The van der Waals surface area contributed by atoms with E-state index < -0.39 is 17.7 Å². The highest BCUT2D eigenvalue weighted by Gasteiger charge is 2.29. The number of carbonyl (C=O) groups excluding carboxylic acids is 2. The largest absolute Gasteiger partial charge is 0.444 e. The molecular weight excluding hydrogens is 316 g/mol. The first-order valence-electron chi connectivity index (χ1n) is 9.17. The lowest BCUT2D eigenvalue weighted by atomic mass is 10.1. The van der Waals surface area contributed by atoms with E-state index in [2.05, 4.69) is 5.32 Å². The second-order valence-electron chi connectivity index (χ2n) is 6.94. The van der Waals surface area contributed by atoms with E-state index in [1.807, 2.05) is 69.9 Å². The molecule has 1 aromatic carbocycles. The van der Waals surface area contributed by atoms with E-state index in [-0.39, 0.29) is 5.91 Å². The molecule has 5 heteroatoms. The van der Waals surface area contributed by atoms with E-state index in [0.717, 1.165) is 24.9 Å². The Morgan fingerprint density at radius 2 is 1.84 bits per heavy atom. The molecule has 2 amide bonds. The maximum absolute atomic E-state index is 12.7. The highest BCUT2D eigenvalue weighted by atomic mass is 16.6. The van der Waals surface area contributed by atoms with E-state index in [4.69, 9.17) is 4.74 Å². The summed E-state index contributed by atoms with van der Waals surface area (Å²) < 4.78 is 5.26. The Morgan fingerprint density at radius 1 is 1.20 bits per heavy atom. The van der Waals surface area contributed by atoms with Crippen LogP contribution in [-0.4, -0.2) is 35.1 Å². The highest BCUT2D eigenvalue weighted by molar-refractivity contribution is 5.86. The van der Waals surface area contributed by atoms with Gasteiger partial charge in [0, 0.05) is 13.1 Å². The van der Waals surface area contributed by atoms with E-state index in [9.17, 15) is 9.59 Å². The monoisotopic (exact) mass is 348 g/mol. The number of amides is 2. The van der Waals surface area contributed by atoms with Crippen LogP contribution in [0.25, 0.3) is 0 Å². The molecule has 0 bridgehead atoms. The molecule has 140 valence electrons. The second kappa shape index (κ2) is 10.1. The van der Waals surface area contributed by atoms with Crippen molar-refractivity contribution >= 4 is 12.0 Å². The molecule has 1 fully saturated rings. The van der Waals surface area contributed by atoms with Crippen LogP contribution in [0.2, 0.25) is 0 Å². The number of likely N-dealkylation sites (tertiary alicyclic amines) is 1. The summed E-state index contributed by atoms with van der Waals surface area (Å²) in [6.07, 6.45) is 1.99. The molecule has 0 saturated carbocycles. The zero-order valence-electron chi connectivity index (χ0n) is 16.2. The van der Waals surface area contributed by atoms with Gasteiger partial charge in [-0.05, 0) is 45.6 Å². The van der Waals surface area contributed by atoms with E-state index in [1.165, 1.54) is 0 Å². The zero-order valence-corrected chi connectivity index (χ0v) is 16.2. The van der Waals surface area contributed by atoms with Gasteiger partial charge in [0.2, 0.25) is 5.91 Å². The minimum atomic E-state index is -0.568. The summed E-state index contributed by atoms with van der Waals surface area (Å²) in [4.78, 5) is 26.5. The molecule has 1 saturated heterocycles. The van der Waals surface area contributed by atoms with E-state index in [0.29, 0.717) is 13.0 Å². The number of hydrogen-bond acceptors (Lipinski definition) is 3. The van der Waals surface area contributed by atoms with Gasteiger partial charge in [0.15, 0.2) is 0 Å². The van der Waals surface area contributed by atoms with E-state index in [1.54, 1.807) is 0 Å². The van der Waals surface area contributed by atoms with E-state index >= 15 is 0 Å². The Morgan fingerprint density at radius 3 is 2.44 bits per heavy atom. The van der Waals surface area contributed by atoms with Gasteiger partial charge in [-0.2, -0.15) is 0 Å². The van der Waals surface area contributed by atoms with Crippen LogP contribution in [0.1, 0.15) is 59.4 Å². The highest BCUT2D eigenvalue weighted by Crippen LogP contribution is 2.16. The van der Waals surface area contributed by atoms with Crippen LogP contribution in [0.5, 0.6) is 0 Å². The van der Waals surface area contributed by atoms with Crippen LogP contribution in [0.3, 0.4) is 0 Å². The number of ether oxygens (including phenoxy) is 1. The molecule has 1 aliphatic rings. The lowest BCUT2D eigenvalue weighted by Crippen LogP contribution is -2.48. The smallest absolute Gasteiger partial charge is 0.408 e. The number of rotatable bonds is 3. The molecule has 0 spiro atoms. The fourth-order valence-corrected chi connectivity index (χ4v) is 2.65. The molecule has 0 radical (unpaired) electrons. The van der Waals surface area contributed by atoms with Crippen LogP contribution in [0.15, 0.2) is 30.3 Å². The summed E-state index contributed by atoms with van der Waals surface area (Å²) >= 11 is 0. The normalized spacial score (nSPS) is 17.9. The van der Waals surface area contributed by atoms with Crippen molar-refractivity contribution in [2.75, 3.05) is 6.54 Å². The first-order valence-corrected chi connectivity index (χ1v) is 9.17. The lowest BCUT2D eigenvalue weighted by Gasteiger charge is -2.26. The Kier molecular flexibility index (Phi) is 8.46. The number of alkyl carbamates (subject to hydrolysis) is 1. The van der Waals surface area contributed by atoms with Crippen molar-refractivity contribution in [2.45, 2.75) is 72.1 Å². The molecule has 1 aliphatic heterocycles. The fourth-order valence-electron chi connectivity index (χ4n) is 2.65. The van der Waals surface area contributed by atoms with Gasteiger partial charge in [0.1, 0.15) is 11.6 Å². The van der Waals surface area contributed by atoms with Crippen LogP contribution in [0, 0.1) is 0 Å². The van der Waals surface area contributed by atoms with Crippen LogP contribution in [0.4, 0.5) is 4.79 Å². The number of carbonyl (C=O) groups is 2. The molecule has 0 aliphatic carbocycles. The van der Waals surface area contributed by atoms with Gasteiger partial charge in [0.25, 0.3) is 0 Å². The SMILES string of the molecule is CC.CC(C)(C)OC(=O)NC1CCCCN(Cc2ccccc2)C1=O. The molecule has 1 heterocycles. The van der Waals surface area contributed by atoms with Crippen LogP contribution < -0.4 is 5.32 Å². The minimum absolute atomic E-state index is 0.0304. The Balaban J connectivity index is 0.00000151. The third-order valence-electron chi connectivity index (χ3n) is 3.69. The Bertz CT molecular complexity index is 538. The maximum atomic E-state index is 12.7. The van der Waals surface area contributed by atoms with Crippen molar-refractivity contribution in [1.29, 1.82) is 0 Å². The third-order valence-corrected chi connectivity index (χ3v) is 3.69. The molecule has 5 nitrogen and oxygen atoms in total. The third kappa shape index (κ3) is 7.59. The van der Waals surface area contributed by atoms with Crippen molar-refractivity contribution in [2.24, 2.45) is 0 Å². The first-order chi connectivity index (χ1) is 11.8. The molecule has 1 aromatic rings. The lowest BCUT2D eigenvalue weighted by molar-refractivity contribution is -0.133. The van der Waals surface area contributed by atoms with Gasteiger partial charge in [-0.1, -0.05) is 44.2 Å². The first kappa shape index (κ1) is 21.0. The number of hydrogen-bond donors (Lipinski definition) is 1. The van der Waals surface area contributed by atoms with Crippen molar-refractivity contribution < 1.29 is 14.3 Å². The summed E-state index contributed by atoms with van der Waals surface area (Å²) in [5.74, 6) is -0.0304. The molecule has 1 atom stereocenters. The molecule has 25 heavy (non-hydrogen) atoms. The average Bonchev–Trinajstić information content (AvgIpc) is 2.72. The topological polar surface area (TPSA) is 58.6 Å². The van der Waals surface area contributed by atoms with Gasteiger partial charge >= 0.3 is 6.09 Å². The maximum Gasteiger partial charge on any atom is 0.408 e. The number of nitrogens with one attached hydrogen (secondary N) is 1. The summed E-state index contributed by atoms with van der Waals surface area (Å²) in [5, 5.41) is 2.73. The molecule has 2 rings (SSSR count). The van der Waals surface area contributed by atoms with Gasteiger partial charge in [0.05, 0.1) is 0 Å². The summed E-state index contributed by atoms with van der Waals surface area (Å²) in [6, 6.07) is 9.40. The number of nitrogens with zero attached hydrogens (tertiary/aromatic N) is 1. The van der Waals surface area contributed by atoms with Gasteiger partial charge in [-0.3, -0.25) is 4.79 Å². The minimum Gasteiger partial charge on any atom is -0.444 e.